The van der Waals surface area contributed by atoms with Crippen molar-refractivity contribution in [2.24, 2.45) is 0 Å². The van der Waals surface area contributed by atoms with E-state index in [0.717, 1.165) is 30.7 Å². The summed E-state index contributed by atoms with van der Waals surface area (Å²) in [6.07, 6.45) is 2.39. The lowest BCUT2D eigenvalue weighted by atomic mass is 9.89. The van der Waals surface area contributed by atoms with Crippen LogP contribution in [0.3, 0.4) is 0 Å². The lowest BCUT2D eigenvalue weighted by Gasteiger charge is -2.27. The fourth-order valence-corrected chi connectivity index (χ4v) is 2.57. The Hall–Kier alpha value is -1.55. The zero-order chi connectivity index (χ0) is 13.0. The topological polar surface area (TPSA) is 47.6 Å². The van der Waals surface area contributed by atoms with E-state index in [4.69, 9.17) is 9.47 Å². The molecule has 0 saturated carbocycles. The molecule has 2 rings (SSSR count). The number of methoxy groups -OCH3 is 2. The van der Waals surface area contributed by atoms with Crippen molar-refractivity contribution in [3.63, 3.8) is 0 Å². The van der Waals surface area contributed by atoms with Crippen molar-refractivity contribution < 1.29 is 14.3 Å². The maximum absolute atomic E-state index is 12.0. The van der Waals surface area contributed by atoms with Gasteiger partial charge in [0.2, 0.25) is 0 Å². The number of carbonyl (C=O) groups is 1. The molecule has 1 saturated heterocycles. The number of hydrogen-bond donors (Lipinski definition) is 1. The third kappa shape index (κ3) is 2.34. The van der Waals surface area contributed by atoms with E-state index in [1.807, 2.05) is 24.3 Å². The maximum Gasteiger partial charge on any atom is 0.326 e. The van der Waals surface area contributed by atoms with Crippen molar-refractivity contribution in [3.8, 4) is 5.75 Å². The van der Waals surface area contributed by atoms with Gasteiger partial charge in [0.05, 0.1) is 14.2 Å². The predicted octanol–water partition coefficient (Wildman–Crippen LogP) is 1.53. The monoisotopic (exact) mass is 249 g/mol. The molecule has 1 aliphatic rings. The van der Waals surface area contributed by atoms with Crippen molar-refractivity contribution in [2.75, 3.05) is 20.8 Å². The summed E-state index contributed by atoms with van der Waals surface area (Å²) in [5.74, 6) is 0.625. The molecule has 0 aliphatic carbocycles. The van der Waals surface area contributed by atoms with E-state index in [9.17, 15) is 4.79 Å². The van der Waals surface area contributed by atoms with E-state index in [1.165, 1.54) is 7.11 Å². The Morgan fingerprint density at radius 2 is 2.17 bits per heavy atom. The Labute approximate surface area is 107 Å². The molecule has 0 bridgehead atoms. The number of hydrogen-bond acceptors (Lipinski definition) is 4. The van der Waals surface area contributed by atoms with E-state index in [2.05, 4.69) is 5.32 Å². The second-order valence-electron chi connectivity index (χ2n) is 4.59. The lowest BCUT2D eigenvalue weighted by Crippen LogP contribution is -2.50. The highest BCUT2D eigenvalue weighted by Crippen LogP contribution is 2.29. The number of carbonyl (C=O) groups excluding carboxylic acids is 1. The summed E-state index contributed by atoms with van der Waals surface area (Å²) >= 11 is 0. The van der Waals surface area contributed by atoms with Crippen LogP contribution < -0.4 is 10.1 Å². The maximum atomic E-state index is 12.0. The fourth-order valence-electron chi connectivity index (χ4n) is 2.57. The van der Waals surface area contributed by atoms with Crippen molar-refractivity contribution in [1.82, 2.24) is 5.32 Å². The Morgan fingerprint density at radius 1 is 1.39 bits per heavy atom. The van der Waals surface area contributed by atoms with Crippen molar-refractivity contribution in [2.45, 2.75) is 24.8 Å². The summed E-state index contributed by atoms with van der Waals surface area (Å²) in [5, 5.41) is 3.29. The third-order valence-corrected chi connectivity index (χ3v) is 3.50. The number of rotatable bonds is 4. The number of nitrogens with one attached hydrogen (secondary N) is 1. The molecule has 1 atom stereocenters. The average Bonchev–Trinajstić information content (AvgIpc) is 2.88. The summed E-state index contributed by atoms with van der Waals surface area (Å²) in [6.45, 7) is 0.851. The molecule has 98 valence electrons. The quantitative estimate of drug-likeness (QED) is 0.822. The highest BCUT2D eigenvalue weighted by molar-refractivity contribution is 5.81. The highest BCUT2D eigenvalue weighted by atomic mass is 16.5. The number of para-hydroxylation sites is 1. The van der Waals surface area contributed by atoms with Gasteiger partial charge in [-0.1, -0.05) is 18.2 Å². The molecule has 1 aromatic carbocycles. The van der Waals surface area contributed by atoms with Crippen LogP contribution in [0.5, 0.6) is 5.75 Å². The van der Waals surface area contributed by atoms with Gasteiger partial charge in [-0.2, -0.15) is 0 Å². The molecule has 4 nitrogen and oxygen atoms in total. The molecular formula is C14H19NO3. The first kappa shape index (κ1) is 12.9. The Kier molecular flexibility index (Phi) is 3.87. The van der Waals surface area contributed by atoms with Crippen LogP contribution in [0.15, 0.2) is 24.3 Å². The average molecular weight is 249 g/mol. The van der Waals surface area contributed by atoms with Gasteiger partial charge in [-0.25, -0.2) is 0 Å². The second kappa shape index (κ2) is 5.40. The summed E-state index contributed by atoms with van der Waals surface area (Å²) in [4.78, 5) is 12.0. The standard InChI is InChI=1S/C14H19NO3/c1-17-12-7-4-3-6-11(12)10-14(13(16)18-2)8-5-9-15-14/h3-4,6-7,15H,5,8-10H2,1-2H3. The molecule has 18 heavy (non-hydrogen) atoms. The van der Waals surface area contributed by atoms with Gasteiger partial charge < -0.3 is 14.8 Å². The molecule has 0 amide bonds. The van der Waals surface area contributed by atoms with Crippen LogP contribution in [-0.4, -0.2) is 32.3 Å². The smallest absolute Gasteiger partial charge is 0.326 e. The zero-order valence-corrected chi connectivity index (χ0v) is 10.9. The van der Waals surface area contributed by atoms with Gasteiger partial charge >= 0.3 is 5.97 Å². The Morgan fingerprint density at radius 3 is 2.78 bits per heavy atom. The van der Waals surface area contributed by atoms with Crippen molar-refractivity contribution in [3.05, 3.63) is 29.8 Å². The summed E-state index contributed by atoms with van der Waals surface area (Å²) in [6, 6.07) is 7.78. The molecule has 1 unspecified atom stereocenters. The first-order valence-electron chi connectivity index (χ1n) is 6.17. The summed E-state index contributed by atoms with van der Waals surface area (Å²) in [5.41, 5.74) is 0.434. The van der Waals surface area contributed by atoms with Gasteiger partial charge in [0.25, 0.3) is 0 Å². The zero-order valence-electron chi connectivity index (χ0n) is 10.9. The fraction of sp³-hybridized carbons (Fsp3) is 0.500. The van der Waals surface area contributed by atoms with E-state index in [1.54, 1.807) is 7.11 Å². The highest BCUT2D eigenvalue weighted by Gasteiger charge is 2.42. The van der Waals surface area contributed by atoms with Crippen LogP contribution >= 0.6 is 0 Å². The van der Waals surface area contributed by atoms with Crippen LogP contribution in [0, 0.1) is 0 Å². The summed E-state index contributed by atoms with van der Waals surface area (Å²) < 4.78 is 10.3. The van der Waals surface area contributed by atoms with Crippen LogP contribution in [-0.2, 0) is 16.0 Å². The molecule has 1 fully saturated rings. The molecular weight excluding hydrogens is 230 g/mol. The van der Waals surface area contributed by atoms with Gasteiger partial charge in [-0.05, 0) is 31.0 Å². The van der Waals surface area contributed by atoms with E-state index >= 15 is 0 Å². The Bertz CT molecular complexity index is 425. The second-order valence-corrected chi connectivity index (χ2v) is 4.59. The molecule has 1 aromatic rings. The molecule has 0 spiro atoms. The minimum Gasteiger partial charge on any atom is -0.496 e. The Balaban J connectivity index is 2.26. The van der Waals surface area contributed by atoms with Crippen LogP contribution in [0.2, 0.25) is 0 Å². The minimum absolute atomic E-state index is 0.189. The molecule has 1 aliphatic heterocycles. The van der Waals surface area contributed by atoms with Crippen LogP contribution in [0.25, 0.3) is 0 Å². The van der Waals surface area contributed by atoms with Gasteiger partial charge in [-0.3, -0.25) is 4.79 Å². The number of esters is 1. The van der Waals surface area contributed by atoms with E-state index in [0.29, 0.717) is 6.42 Å². The largest absolute Gasteiger partial charge is 0.496 e. The van der Waals surface area contributed by atoms with Gasteiger partial charge in [0.1, 0.15) is 11.3 Å². The first-order valence-corrected chi connectivity index (χ1v) is 6.17. The summed E-state index contributed by atoms with van der Waals surface area (Å²) in [7, 11) is 3.08. The first-order chi connectivity index (χ1) is 8.72. The predicted molar refractivity (Wildman–Crippen MR) is 68.7 cm³/mol. The number of ether oxygens (including phenoxy) is 2. The lowest BCUT2D eigenvalue weighted by molar-refractivity contribution is -0.148. The molecule has 1 N–H and O–H groups in total. The molecule has 0 aromatic heterocycles. The van der Waals surface area contributed by atoms with Gasteiger partial charge in [0, 0.05) is 6.42 Å². The van der Waals surface area contributed by atoms with Gasteiger partial charge in [0.15, 0.2) is 0 Å². The molecule has 1 heterocycles. The normalized spacial score (nSPS) is 22.8. The van der Waals surface area contributed by atoms with Crippen molar-refractivity contribution >= 4 is 5.97 Å². The van der Waals surface area contributed by atoms with E-state index < -0.39 is 5.54 Å². The molecule has 4 heteroatoms. The SMILES string of the molecule is COC(=O)C1(Cc2ccccc2OC)CCCN1. The third-order valence-electron chi connectivity index (χ3n) is 3.50. The van der Waals surface area contributed by atoms with Crippen LogP contribution in [0.4, 0.5) is 0 Å². The van der Waals surface area contributed by atoms with Crippen molar-refractivity contribution in [1.29, 1.82) is 0 Å². The van der Waals surface area contributed by atoms with Gasteiger partial charge in [-0.15, -0.1) is 0 Å². The van der Waals surface area contributed by atoms with Crippen LogP contribution in [0.1, 0.15) is 18.4 Å². The number of benzene rings is 1. The molecule has 0 radical (unpaired) electrons. The minimum atomic E-state index is -0.594. The van der Waals surface area contributed by atoms with E-state index in [-0.39, 0.29) is 5.97 Å².